The van der Waals surface area contributed by atoms with Gasteiger partial charge in [-0.05, 0) is 24.3 Å². The fourth-order valence-electron chi connectivity index (χ4n) is 2.48. The number of hydrogen-bond acceptors (Lipinski definition) is 3. The normalized spacial score (nSPS) is 23.0. The van der Waals surface area contributed by atoms with E-state index in [0.29, 0.717) is 18.4 Å². The molecule has 1 heterocycles. The number of rotatable bonds is 3. The number of nitrogen functional groups attached to an aromatic ring is 1. The van der Waals surface area contributed by atoms with Crippen molar-refractivity contribution in [2.75, 3.05) is 12.3 Å². The van der Waals surface area contributed by atoms with Crippen LogP contribution >= 0.6 is 0 Å². The lowest BCUT2D eigenvalue weighted by atomic mass is 9.98. The van der Waals surface area contributed by atoms with Crippen LogP contribution in [0.1, 0.15) is 36.5 Å². The van der Waals surface area contributed by atoms with Crippen LogP contribution in [0.2, 0.25) is 0 Å². The average Bonchev–Trinajstić information content (AvgIpc) is 2.75. The van der Waals surface area contributed by atoms with E-state index in [0.717, 1.165) is 18.7 Å². The molecule has 1 fully saturated rings. The van der Waals surface area contributed by atoms with Gasteiger partial charge in [0.1, 0.15) is 11.6 Å². The second kappa shape index (κ2) is 5.33. The summed E-state index contributed by atoms with van der Waals surface area (Å²) in [4.78, 5) is 15.5. The smallest absolute Gasteiger partial charge is 0.255 e. The van der Waals surface area contributed by atoms with Crippen molar-refractivity contribution in [3.05, 3.63) is 23.6 Å². The van der Waals surface area contributed by atoms with E-state index in [1.54, 1.807) is 0 Å². The minimum Gasteiger partial charge on any atom is -0.383 e. The maximum absolute atomic E-state index is 13.0. The van der Waals surface area contributed by atoms with Crippen molar-refractivity contribution >= 4 is 11.7 Å². The molecule has 1 aliphatic carbocycles. The highest BCUT2D eigenvalue weighted by Crippen LogP contribution is 2.30. The Kier molecular flexibility index (Phi) is 3.79. The van der Waals surface area contributed by atoms with Crippen LogP contribution in [0.25, 0.3) is 0 Å². The van der Waals surface area contributed by atoms with Gasteiger partial charge >= 0.3 is 0 Å². The summed E-state index contributed by atoms with van der Waals surface area (Å²) in [6.45, 7) is 2.82. The van der Waals surface area contributed by atoms with E-state index in [2.05, 4.69) is 17.2 Å². The molecule has 0 saturated heterocycles. The Labute approximate surface area is 106 Å². The van der Waals surface area contributed by atoms with E-state index in [9.17, 15) is 9.18 Å². The summed E-state index contributed by atoms with van der Waals surface area (Å²) in [7, 11) is 0. The Balaban J connectivity index is 1.97. The fraction of sp³-hybridized carbons (Fsp3) is 0.538. The molecule has 3 N–H and O–H groups in total. The standard InChI is InChI=1S/C13H18FN3O/c1-8-3-2-4-9(8)6-17-13(18)11-5-10(14)7-16-12(11)15/h5,7-9H,2-4,6H2,1H3,(H2,15,16)(H,17,18). The van der Waals surface area contributed by atoms with Crippen molar-refractivity contribution in [2.45, 2.75) is 26.2 Å². The number of carbonyl (C=O) groups excluding carboxylic acids is 1. The number of nitrogens with one attached hydrogen (secondary N) is 1. The first kappa shape index (κ1) is 12.8. The highest BCUT2D eigenvalue weighted by Gasteiger charge is 2.24. The lowest BCUT2D eigenvalue weighted by molar-refractivity contribution is 0.0944. The number of amides is 1. The van der Waals surface area contributed by atoms with Crippen LogP contribution in [0, 0.1) is 17.7 Å². The van der Waals surface area contributed by atoms with E-state index >= 15 is 0 Å². The van der Waals surface area contributed by atoms with Crippen molar-refractivity contribution in [3.8, 4) is 0 Å². The Hall–Kier alpha value is -1.65. The molecule has 0 aliphatic heterocycles. The van der Waals surface area contributed by atoms with Gasteiger partial charge < -0.3 is 11.1 Å². The summed E-state index contributed by atoms with van der Waals surface area (Å²) in [6, 6.07) is 1.12. The van der Waals surface area contributed by atoms with E-state index in [-0.39, 0.29) is 17.3 Å². The summed E-state index contributed by atoms with van der Waals surface area (Å²) in [5.74, 6) is 0.306. The van der Waals surface area contributed by atoms with Gasteiger partial charge in [0.25, 0.3) is 5.91 Å². The predicted octanol–water partition coefficient (Wildman–Crippen LogP) is 1.97. The minimum atomic E-state index is -0.552. The molecule has 18 heavy (non-hydrogen) atoms. The van der Waals surface area contributed by atoms with Crippen molar-refractivity contribution in [1.29, 1.82) is 0 Å². The number of aromatic nitrogens is 1. The summed E-state index contributed by atoms with van der Waals surface area (Å²) in [5.41, 5.74) is 5.67. The molecule has 1 aromatic heterocycles. The zero-order chi connectivity index (χ0) is 13.1. The van der Waals surface area contributed by atoms with Crippen LogP contribution in [0.4, 0.5) is 10.2 Å². The topological polar surface area (TPSA) is 68.0 Å². The first-order chi connectivity index (χ1) is 8.58. The fourth-order valence-corrected chi connectivity index (χ4v) is 2.48. The molecule has 0 bridgehead atoms. The monoisotopic (exact) mass is 251 g/mol. The number of nitrogens with two attached hydrogens (primary N) is 1. The maximum atomic E-state index is 13.0. The largest absolute Gasteiger partial charge is 0.383 e. The summed E-state index contributed by atoms with van der Waals surface area (Å²) in [5, 5.41) is 2.81. The van der Waals surface area contributed by atoms with Gasteiger partial charge in [-0.25, -0.2) is 9.37 Å². The zero-order valence-corrected chi connectivity index (χ0v) is 10.4. The molecule has 0 aromatic carbocycles. The number of halogens is 1. The molecule has 4 nitrogen and oxygen atoms in total. The van der Waals surface area contributed by atoms with Gasteiger partial charge in [-0.2, -0.15) is 0 Å². The highest BCUT2D eigenvalue weighted by molar-refractivity contribution is 5.98. The van der Waals surface area contributed by atoms with Gasteiger partial charge in [-0.3, -0.25) is 4.79 Å². The van der Waals surface area contributed by atoms with Crippen molar-refractivity contribution < 1.29 is 9.18 Å². The van der Waals surface area contributed by atoms with Crippen LogP contribution < -0.4 is 11.1 Å². The average molecular weight is 251 g/mol. The van der Waals surface area contributed by atoms with Gasteiger partial charge in [0, 0.05) is 6.54 Å². The molecule has 1 saturated carbocycles. The molecule has 0 radical (unpaired) electrons. The summed E-state index contributed by atoms with van der Waals surface area (Å²) >= 11 is 0. The molecule has 98 valence electrons. The number of hydrogen-bond donors (Lipinski definition) is 2. The predicted molar refractivity (Wildman–Crippen MR) is 67.4 cm³/mol. The summed E-state index contributed by atoms with van der Waals surface area (Å²) < 4.78 is 13.0. The Morgan fingerprint density at radius 2 is 2.39 bits per heavy atom. The lowest BCUT2D eigenvalue weighted by Crippen LogP contribution is -2.31. The molecule has 1 amide bonds. The van der Waals surface area contributed by atoms with Crippen molar-refractivity contribution in [2.24, 2.45) is 11.8 Å². The number of carbonyl (C=O) groups is 1. The second-order valence-corrected chi connectivity index (χ2v) is 4.96. The van der Waals surface area contributed by atoms with Gasteiger partial charge in [0.05, 0.1) is 11.8 Å². The first-order valence-electron chi connectivity index (χ1n) is 6.27. The molecular formula is C13H18FN3O. The quantitative estimate of drug-likeness (QED) is 0.863. The minimum absolute atomic E-state index is 0.0633. The molecule has 2 unspecified atom stereocenters. The number of pyridine rings is 1. The van der Waals surface area contributed by atoms with Crippen LogP contribution in [0.5, 0.6) is 0 Å². The van der Waals surface area contributed by atoms with Crippen LogP contribution in [-0.2, 0) is 0 Å². The highest BCUT2D eigenvalue weighted by atomic mass is 19.1. The lowest BCUT2D eigenvalue weighted by Gasteiger charge is -2.16. The van der Waals surface area contributed by atoms with E-state index < -0.39 is 5.82 Å². The number of anilines is 1. The van der Waals surface area contributed by atoms with Crippen LogP contribution in [-0.4, -0.2) is 17.4 Å². The van der Waals surface area contributed by atoms with Crippen molar-refractivity contribution in [3.63, 3.8) is 0 Å². The van der Waals surface area contributed by atoms with Crippen LogP contribution in [0.3, 0.4) is 0 Å². The SMILES string of the molecule is CC1CCCC1CNC(=O)c1cc(F)cnc1N. The first-order valence-corrected chi connectivity index (χ1v) is 6.27. The molecule has 0 spiro atoms. The van der Waals surface area contributed by atoms with E-state index in [4.69, 9.17) is 5.73 Å². The molecule has 5 heteroatoms. The zero-order valence-electron chi connectivity index (χ0n) is 10.4. The maximum Gasteiger partial charge on any atom is 0.255 e. The molecule has 2 atom stereocenters. The Morgan fingerprint density at radius 3 is 3.06 bits per heavy atom. The Bertz CT molecular complexity index is 450. The van der Waals surface area contributed by atoms with Gasteiger partial charge in [0.15, 0.2) is 0 Å². The molecular weight excluding hydrogens is 233 g/mol. The third kappa shape index (κ3) is 2.78. The Morgan fingerprint density at radius 1 is 1.61 bits per heavy atom. The molecule has 2 rings (SSSR count). The van der Waals surface area contributed by atoms with Gasteiger partial charge in [-0.1, -0.05) is 19.8 Å². The van der Waals surface area contributed by atoms with Gasteiger partial charge in [0.2, 0.25) is 0 Å². The molecule has 1 aromatic rings. The third-order valence-electron chi connectivity index (χ3n) is 3.69. The van der Waals surface area contributed by atoms with Crippen molar-refractivity contribution in [1.82, 2.24) is 10.3 Å². The van der Waals surface area contributed by atoms with Gasteiger partial charge in [-0.15, -0.1) is 0 Å². The number of nitrogens with zero attached hydrogens (tertiary/aromatic N) is 1. The van der Waals surface area contributed by atoms with E-state index in [1.165, 1.54) is 12.8 Å². The molecule has 1 aliphatic rings. The summed E-state index contributed by atoms with van der Waals surface area (Å²) in [6.07, 6.45) is 4.57. The van der Waals surface area contributed by atoms with Crippen LogP contribution in [0.15, 0.2) is 12.3 Å². The second-order valence-electron chi connectivity index (χ2n) is 4.96. The van der Waals surface area contributed by atoms with E-state index in [1.807, 2.05) is 0 Å². The third-order valence-corrected chi connectivity index (χ3v) is 3.69.